The summed E-state index contributed by atoms with van der Waals surface area (Å²) in [4.78, 5) is 0. The third-order valence-electron chi connectivity index (χ3n) is 1.16. The van der Waals surface area contributed by atoms with Crippen LogP contribution >= 0.6 is 0 Å². The predicted octanol–water partition coefficient (Wildman–Crippen LogP) is 1.97. The quantitative estimate of drug-likeness (QED) is 0.415. The molecule has 0 fully saturated rings. The summed E-state index contributed by atoms with van der Waals surface area (Å²) in [6.07, 6.45) is 4.34. The molecule has 0 amide bonds. The average Bonchev–Trinajstić information content (AvgIpc) is 1.97. The van der Waals surface area contributed by atoms with Crippen LogP contribution in [-0.4, -0.2) is 6.54 Å². The lowest BCUT2D eigenvalue weighted by molar-refractivity contribution is 0.685. The average molecular weight is 137 g/mol. The summed E-state index contributed by atoms with van der Waals surface area (Å²) < 4.78 is 0. The van der Waals surface area contributed by atoms with E-state index in [4.69, 9.17) is 0 Å². The predicted molar refractivity (Wildman–Crippen MR) is 44.3 cm³/mol. The van der Waals surface area contributed by atoms with Gasteiger partial charge in [0.2, 0.25) is 0 Å². The highest BCUT2D eigenvalue weighted by Gasteiger charge is 1.82. The van der Waals surface area contributed by atoms with Gasteiger partial charge in [-0.15, -0.1) is 0 Å². The van der Waals surface area contributed by atoms with Crippen LogP contribution in [0.3, 0.4) is 0 Å². The molecule has 1 nitrogen and oxygen atoms in total. The Kier molecular flexibility index (Phi) is 7.82. The minimum absolute atomic E-state index is 0.664. The molecule has 0 atom stereocenters. The molecule has 10 heavy (non-hydrogen) atoms. The van der Waals surface area contributed by atoms with Gasteiger partial charge in [0.1, 0.15) is 0 Å². The third kappa shape index (κ3) is 7.36. The molecule has 0 aromatic heterocycles. The Balaban J connectivity index is 2.90. The van der Waals surface area contributed by atoms with E-state index in [9.17, 15) is 0 Å². The maximum absolute atomic E-state index is 4.00. The number of hydrogen-bond donors (Lipinski definition) is 0. The van der Waals surface area contributed by atoms with Crippen molar-refractivity contribution in [3.05, 3.63) is 6.92 Å². The van der Waals surface area contributed by atoms with E-state index in [-0.39, 0.29) is 0 Å². The minimum atomic E-state index is 0.664. The molecule has 0 saturated heterocycles. The molecule has 0 rings (SSSR count). The lowest BCUT2D eigenvalue weighted by Crippen LogP contribution is -1.98. The maximum Gasteiger partial charge on any atom is 0.0490 e. The van der Waals surface area contributed by atoms with Crippen molar-refractivity contribution in [2.75, 3.05) is 6.54 Å². The van der Waals surface area contributed by atoms with E-state index in [1.807, 2.05) is 0 Å². The zero-order valence-corrected chi connectivity index (χ0v) is 6.69. The van der Waals surface area contributed by atoms with Crippen molar-refractivity contribution >= 4 is 0 Å². The van der Waals surface area contributed by atoms with Crippen molar-refractivity contribution in [3.8, 4) is 12.0 Å². The van der Waals surface area contributed by atoms with Gasteiger partial charge in [-0.05, 0) is 13.3 Å². The molecule has 0 heterocycles. The molecule has 0 bridgehead atoms. The Morgan fingerprint density at radius 3 is 2.80 bits per heavy atom. The van der Waals surface area contributed by atoms with Crippen LogP contribution in [0.1, 0.15) is 32.6 Å². The van der Waals surface area contributed by atoms with Gasteiger partial charge in [-0.25, -0.2) is 5.32 Å². The first-order valence-corrected chi connectivity index (χ1v) is 3.85. The lowest BCUT2D eigenvalue weighted by Gasteiger charge is -1.91. The third-order valence-corrected chi connectivity index (χ3v) is 1.16. The van der Waals surface area contributed by atoms with Crippen LogP contribution < -0.4 is 5.32 Å². The Morgan fingerprint density at radius 2 is 2.20 bits per heavy atom. The standard InChI is InChI=1S/C9H15N/c1-3-5-7-9-10-8-6-4-2/h2-5,7,9H2,1H3. The van der Waals surface area contributed by atoms with Gasteiger partial charge in [0.15, 0.2) is 0 Å². The van der Waals surface area contributed by atoms with Gasteiger partial charge in [-0.3, -0.25) is 0 Å². The molecule has 56 valence electrons. The van der Waals surface area contributed by atoms with Crippen LogP contribution in [0.5, 0.6) is 0 Å². The molecule has 0 unspecified atom stereocenters. The minimum Gasteiger partial charge on any atom is -0.236 e. The second-order valence-electron chi connectivity index (χ2n) is 2.13. The van der Waals surface area contributed by atoms with Crippen LogP contribution in [0.25, 0.3) is 0 Å². The number of unbranched alkanes of at least 4 members (excludes halogenated alkanes) is 2. The van der Waals surface area contributed by atoms with Crippen molar-refractivity contribution in [3.63, 3.8) is 0 Å². The van der Waals surface area contributed by atoms with Crippen LogP contribution in [-0.2, 0) is 0 Å². The van der Waals surface area contributed by atoms with E-state index < -0.39 is 0 Å². The monoisotopic (exact) mass is 137 g/mol. The van der Waals surface area contributed by atoms with E-state index in [2.05, 4.69) is 31.1 Å². The van der Waals surface area contributed by atoms with Crippen molar-refractivity contribution in [2.24, 2.45) is 0 Å². The van der Waals surface area contributed by atoms with E-state index in [1.54, 1.807) is 0 Å². The zero-order chi connectivity index (χ0) is 7.66. The van der Waals surface area contributed by atoms with E-state index in [1.165, 1.54) is 19.3 Å². The molecule has 0 saturated carbocycles. The van der Waals surface area contributed by atoms with Gasteiger partial charge in [-0.2, -0.15) is 0 Å². The highest BCUT2D eigenvalue weighted by Crippen LogP contribution is 1.90. The first-order valence-electron chi connectivity index (χ1n) is 3.85. The second kappa shape index (κ2) is 8.36. The topological polar surface area (TPSA) is 14.1 Å². The summed E-state index contributed by atoms with van der Waals surface area (Å²) >= 11 is 0. The summed E-state index contributed by atoms with van der Waals surface area (Å²) in [7, 11) is 0. The molecule has 0 aromatic rings. The number of nitrogens with zero attached hydrogens (tertiary/aromatic N) is 1. The van der Waals surface area contributed by atoms with E-state index in [0.717, 1.165) is 6.54 Å². The molecule has 2 radical (unpaired) electrons. The smallest absolute Gasteiger partial charge is 0.0490 e. The highest BCUT2D eigenvalue weighted by molar-refractivity contribution is 4.96. The maximum atomic E-state index is 4.00. The normalized spacial score (nSPS) is 8.20. The number of hydrogen-bond acceptors (Lipinski definition) is 0. The van der Waals surface area contributed by atoms with Gasteiger partial charge < -0.3 is 0 Å². The van der Waals surface area contributed by atoms with Gasteiger partial charge in [0, 0.05) is 19.0 Å². The summed E-state index contributed by atoms with van der Waals surface area (Å²) in [6.45, 7) is 6.66. The molecular formula is C9H15N. The van der Waals surface area contributed by atoms with Crippen molar-refractivity contribution in [1.29, 1.82) is 0 Å². The van der Waals surface area contributed by atoms with Crippen molar-refractivity contribution < 1.29 is 0 Å². The van der Waals surface area contributed by atoms with Gasteiger partial charge in [0.25, 0.3) is 0 Å². The van der Waals surface area contributed by atoms with Gasteiger partial charge in [-0.1, -0.05) is 25.7 Å². The Morgan fingerprint density at radius 1 is 1.40 bits per heavy atom. The first-order chi connectivity index (χ1) is 4.91. The fourth-order valence-corrected chi connectivity index (χ4v) is 0.609. The zero-order valence-electron chi connectivity index (χ0n) is 6.69. The van der Waals surface area contributed by atoms with E-state index >= 15 is 0 Å². The molecule has 0 spiro atoms. The molecule has 0 aliphatic carbocycles. The molecule has 1 heteroatoms. The Hall–Kier alpha value is -0.640. The second-order valence-corrected chi connectivity index (χ2v) is 2.13. The Bertz CT molecular complexity index is 108. The summed E-state index contributed by atoms with van der Waals surface area (Å²) in [5.41, 5.74) is 0. The van der Waals surface area contributed by atoms with Crippen LogP contribution in [0.2, 0.25) is 0 Å². The van der Waals surface area contributed by atoms with Crippen molar-refractivity contribution in [1.82, 2.24) is 5.32 Å². The van der Waals surface area contributed by atoms with E-state index in [0.29, 0.717) is 6.42 Å². The highest BCUT2D eigenvalue weighted by atomic mass is 14.8. The fourth-order valence-electron chi connectivity index (χ4n) is 0.609. The van der Waals surface area contributed by atoms with Gasteiger partial charge in [0.05, 0.1) is 0 Å². The van der Waals surface area contributed by atoms with Crippen LogP contribution in [0.15, 0.2) is 0 Å². The summed E-state index contributed by atoms with van der Waals surface area (Å²) in [5, 5.41) is 4.00. The molecule has 0 N–H and O–H groups in total. The van der Waals surface area contributed by atoms with Crippen molar-refractivity contribution in [2.45, 2.75) is 32.6 Å². The summed E-state index contributed by atoms with van der Waals surface area (Å²) in [6, 6.07) is 2.71. The lowest BCUT2D eigenvalue weighted by atomic mass is 10.2. The van der Waals surface area contributed by atoms with Gasteiger partial charge >= 0.3 is 0 Å². The Labute approximate surface area is 64.2 Å². The molecule has 0 aliphatic heterocycles. The number of rotatable bonds is 4. The molecule has 0 aromatic carbocycles. The first kappa shape index (κ1) is 9.36. The van der Waals surface area contributed by atoms with Crippen LogP contribution in [0.4, 0.5) is 0 Å². The summed E-state index contributed by atoms with van der Waals surface area (Å²) in [5.74, 6) is 2.80. The fraction of sp³-hybridized carbons (Fsp3) is 0.667. The largest absolute Gasteiger partial charge is 0.236 e. The van der Waals surface area contributed by atoms with Crippen LogP contribution in [0, 0.1) is 18.9 Å². The molecule has 0 aliphatic rings. The molecular weight excluding hydrogens is 122 g/mol. The SMILES string of the molecule is [CH2]CC#C[N]CCCCC.